The summed E-state index contributed by atoms with van der Waals surface area (Å²) in [6.45, 7) is 5.07. The SMILES string of the molecule is CCN(Cc1ccccc1F)Cc1c(CO)cnc(C)c1O. The number of aromatic nitrogens is 1. The number of aliphatic hydroxyl groups is 1. The lowest BCUT2D eigenvalue weighted by Gasteiger charge is -2.23. The summed E-state index contributed by atoms with van der Waals surface area (Å²) in [5.74, 6) is -0.142. The van der Waals surface area contributed by atoms with Crippen LogP contribution in [0.15, 0.2) is 30.5 Å². The van der Waals surface area contributed by atoms with Gasteiger partial charge in [0.1, 0.15) is 11.6 Å². The summed E-state index contributed by atoms with van der Waals surface area (Å²) in [4.78, 5) is 6.06. The zero-order chi connectivity index (χ0) is 16.1. The molecular weight excluding hydrogens is 283 g/mol. The van der Waals surface area contributed by atoms with Crippen LogP contribution in [-0.2, 0) is 19.7 Å². The van der Waals surface area contributed by atoms with Crippen molar-refractivity contribution in [3.05, 3.63) is 58.7 Å². The topological polar surface area (TPSA) is 56.6 Å². The Morgan fingerprint density at radius 3 is 2.55 bits per heavy atom. The van der Waals surface area contributed by atoms with Gasteiger partial charge in [-0.05, 0) is 19.5 Å². The van der Waals surface area contributed by atoms with Crippen LogP contribution in [-0.4, -0.2) is 26.6 Å². The van der Waals surface area contributed by atoms with Gasteiger partial charge < -0.3 is 10.2 Å². The summed E-state index contributed by atoms with van der Waals surface area (Å²) in [6.07, 6.45) is 1.57. The van der Waals surface area contributed by atoms with Crippen molar-refractivity contribution in [2.75, 3.05) is 6.54 Å². The molecule has 118 valence electrons. The summed E-state index contributed by atoms with van der Waals surface area (Å²) >= 11 is 0. The number of aryl methyl sites for hydroxylation is 1. The molecule has 4 nitrogen and oxygen atoms in total. The van der Waals surface area contributed by atoms with E-state index < -0.39 is 0 Å². The van der Waals surface area contributed by atoms with Crippen molar-refractivity contribution in [1.29, 1.82) is 0 Å². The molecule has 1 heterocycles. The molecule has 0 unspecified atom stereocenters. The number of pyridine rings is 1. The molecule has 0 aliphatic heterocycles. The molecule has 0 saturated heterocycles. The molecule has 22 heavy (non-hydrogen) atoms. The molecule has 0 atom stereocenters. The normalized spacial score (nSPS) is 11.1. The van der Waals surface area contributed by atoms with Crippen molar-refractivity contribution < 1.29 is 14.6 Å². The Kier molecular flexibility index (Phi) is 5.46. The second kappa shape index (κ2) is 7.33. The van der Waals surface area contributed by atoms with Gasteiger partial charge in [0.25, 0.3) is 0 Å². The molecule has 5 heteroatoms. The molecule has 0 amide bonds. The van der Waals surface area contributed by atoms with Crippen molar-refractivity contribution >= 4 is 0 Å². The lowest BCUT2D eigenvalue weighted by atomic mass is 10.1. The molecule has 2 N–H and O–H groups in total. The maximum Gasteiger partial charge on any atom is 0.141 e. The highest BCUT2D eigenvalue weighted by molar-refractivity contribution is 5.40. The highest BCUT2D eigenvalue weighted by atomic mass is 19.1. The van der Waals surface area contributed by atoms with Gasteiger partial charge in [-0.3, -0.25) is 9.88 Å². The minimum atomic E-state index is -0.238. The lowest BCUT2D eigenvalue weighted by Crippen LogP contribution is -2.24. The van der Waals surface area contributed by atoms with Crippen molar-refractivity contribution in [2.24, 2.45) is 0 Å². The van der Waals surface area contributed by atoms with Crippen LogP contribution in [0.25, 0.3) is 0 Å². The molecule has 1 aromatic heterocycles. The standard InChI is InChI=1S/C17H21FN2O2/c1-3-20(9-13-6-4-5-7-16(13)18)10-15-14(11-21)8-19-12(2)17(15)22/h4-8,21-22H,3,9-11H2,1-2H3. The zero-order valence-corrected chi connectivity index (χ0v) is 12.9. The van der Waals surface area contributed by atoms with Crippen molar-refractivity contribution in [3.8, 4) is 5.75 Å². The van der Waals surface area contributed by atoms with E-state index in [-0.39, 0.29) is 18.2 Å². The number of rotatable bonds is 6. The van der Waals surface area contributed by atoms with Gasteiger partial charge in [-0.2, -0.15) is 0 Å². The van der Waals surface area contributed by atoms with E-state index in [0.29, 0.717) is 42.0 Å². The number of benzene rings is 1. The first kappa shape index (κ1) is 16.4. The van der Waals surface area contributed by atoms with E-state index in [1.54, 1.807) is 31.3 Å². The van der Waals surface area contributed by atoms with Crippen LogP contribution in [0, 0.1) is 12.7 Å². The molecular formula is C17H21FN2O2. The summed E-state index contributed by atoms with van der Waals surface area (Å²) in [5, 5.41) is 19.6. The van der Waals surface area contributed by atoms with Crippen LogP contribution in [0.3, 0.4) is 0 Å². The second-order valence-corrected chi connectivity index (χ2v) is 5.25. The fourth-order valence-corrected chi connectivity index (χ4v) is 2.37. The number of aromatic hydroxyl groups is 1. The average molecular weight is 304 g/mol. The van der Waals surface area contributed by atoms with E-state index >= 15 is 0 Å². The third kappa shape index (κ3) is 3.61. The number of hydrogen-bond acceptors (Lipinski definition) is 4. The van der Waals surface area contributed by atoms with E-state index in [1.807, 2.05) is 11.8 Å². The van der Waals surface area contributed by atoms with Gasteiger partial charge in [0.05, 0.1) is 12.3 Å². The lowest BCUT2D eigenvalue weighted by molar-refractivity contribution is 0.251. The van der Waals surface area contributed by atoms with Gasteiger partial charge in [-0.25, -0.2) is 4.39 Å². The van der Waals surface area contributed by atoms with Crippen molar-refractivity contribution in [2.45, 2.75) is 33.5 Å². The summed E-state index contributed by atoms with van der Waals surface area (Å²) in [7, 11) is 0. The van der Waals surface area contributed by atoms with Crippen LogP contribution in [0.5, 0.6) is 5.75 Å². The van der Waals surface area contributed by atoms with Crippen LogP contribution in [0.4, 0.5) is 4.39 Å². The third-order valence-corrected chi connectivity index (χ3v) is 3.78. The molecule has 0 spiro atoms. The molecule has 0 aliphatic rings. The van der Waals surface area contributed by atoms with E-state index in [1.165, 1.54) is 6.07 Å². The predicted molar refractivity (Wildman–Crippen MR) is 82.7 cm³/mol. The summed E-state index contributed by atoms with van der Waals surface area (Å²) < 4.78 is 13.8. The molecule has 2 aromatic rings. The molecule has 0 aliphatic carbocycles. The Morgan fingerprint density at radius 2 is 1.91 bits per heavy atom. The van der Waals surface area contributed by atoms with Crippen LogP contribution < -0.4 is 0 Å². The first-order chi connectivity index (χ1) is 10.6. The predicted octanol–water partition coefficient (Wildman–Crippen LogP) is 2.75. The van der Waals surface area contributed by atoms with Crippen molar-refractivity contribution in [1.82, 2.24) is 9.88 Å². The first-order valence-corrected chi connectivity index (χ1v) is 7.29. The smallest absolute Gasteiger partial charge is 0.141 e. The minimum absolute atomic E-state index is 0.0959. The Bertz CT molecular complexity index is 647. The van der Waals surface area contributed by atoms with Gasteiger partial charge in [-0.15, -0.1) is 0 Å². The second-order valence-electron chi connectivity index (χ2n) is 5.25. The zero-order valence-electron chi connectivity index (χ0n) is 12.9. The highest BCUT2D eigenvalue weighted by Crippen LogP contribution is 2.26. The molecule has 0 saturated carbocycles. The van der Waals surface area contributed by atoms with Gasteiger partial charge in [0, 0.05) is 36.0 Å². The van der Waals surface area contributed by atoms with Crippen molar-refractivity contribution in [3.63, 3.8) is 0 Å². The quantitative estimate of drug-likeness (QED) is 0.861. The Morgan fingerprint density at radius 1 is 1.18 bits per heavy atom. The fraction of sp³-hybridized carbons (Fsp3) is 0.353. The monoisotopic (exact) mass is 304 g/mol. The molecule has 0 radical (unpaired) electrons. The Labute approximate surface area is 129 Å². The van der Waals surface area contributed by atoms with E-state index in [9.17, 15) is 14.6 Å². The van der Waals surface area contributed by atoms with Gasteiger partial charge in [-0.1, -0.05) is 25.1 Å². The van der Waals surface area contributed by atoms with Crippen LogP contribution in [0.1, 0.15) is 29.3 Å². The first-order valence-electron chi connectivity index (χ1n) is 7.29. The van der Waals surface area contributed by atoms with Gasteiger partial charge in [0.2, 0.25) is 0 Å². The number of aliphatic hydroxyl groups excluding tert-OH is 1. The third-order valence-electron chi connectivity index (χ3n) is 3.78. The molecule has 1 aromatic carbocycles. The number of nitrogens with zero attached hydrogens (tertiary/aromatic N) is 2. The number of halogens is 1. The molecule has 0 fully saturated rings. The highest BCUT2D eigenvalue weighted by Gasteiger charge is 2.15. The maximum absolute atomic E-state index is 13.8. The average Bonchev–Trinajstić information content (AvgIpc) is 2.53. The molecule has 2 rings (SSSR count). The minimum Gasteiger partial charge on any atom is -0.506 e. The maximum atomic E-state index is 13.8. The van der Waals surface area contributed by atoms with E-state index in [2.05, 4.69) is 4.98 Å². The van der Waals surface area contributed by atoms with Crippen LogP contribution in [0.2, 0.25) is 0 Å². The van der Waals surface area contributed by atoms with Crippen LogP contribution >= 0.6 is 0 Å². The summed E-state index contributed by atoms with van der Waals surface area (Å²) in [5.41, 5.74) is 2.37. The van der Waals surface area contributed by atoms with E-state index in [0.717, 1.165) is 0 Å². The largest absolute Gasteiger partial charge is 0.506 e. The Balaban J connectivity index is 2.24. The van der Waals surface area contributed by atoms with Gasteiger partial charge >= 0.3 is 0 Å². The molecule has 0 bridgehead atoms. The Hall–Kier alpha value is -1.98. The van der Waals surface area contributed by atoms with Gasteiger partial charge in [0.15, 0.2) is 0 Å². The van der Waals surface area contributed by atoms with E-state index in [4.69, 9.17) is 0 Å². The summed E-state index contributed by atoms with van der Waals surface area (Å²) in [6, 6.07) is 6.66. The number of hydrogen-bond donors (Lipinski definition) is 2. The fourth-order valence-electron chi connectivity index (χ4n) is 2.37.